The number of hydrogen-bond donors (Lipinski definition) is 2. The van der Waals surface area contributed by atoms with Gasteiger partial charge in [0.1, 0.15) is 24.9 Å². The predicted molar refractivity (Wildman–Crippen MR) is 83.9 cm³/mol. The maximum Gasteiger partial charge on any atom is 0.224 e. The molecule has 1 spiro atoms. The Morgan fingerprint density at radius 2 is 1.82 bits per heavy atom. The molecule has 22 heavy (non-hydrogen) atoms. The Morgan fingerprint density at radius 3 is 2.27 bits per heavy atom. The first-order valence-corrected chi connectivity index (χ1v) is 10.7. The van der Waals surface area contributed by atoms with Gasteiger partial charge in [0.2, 0.25) is 5.79 Å². The van der Waals surface area contributed by atoms with E-state index < -0.39 is 38.2 Å². The summed E-state index contributed by atoms with van der Waals surface area (Å²) in [4.78, 5) is 0. The highest BCUT2D eigenvalue weighted by Crippen LogP contribution is 2.42. The average molecular weight is 334 g/mol. The molecular formula is C15H30O6Si. The number of aliphatic hydroxyl groups excluding tert-OH is 2. The summed E-state index contributed by atoms with van der Waals surface area (Å²) in [7, 11) is -1.95. The van der Waals surface area contributed by atoms with Gasteiger partial charge >= 0.3 is 0 Å². The van der Waals surface area contributed by atoms with Crippen LogP contribution in [0.2, 0.25) is 18.1 Å². The van der Waals surface area contributed by atoms with Crippen LogP contribution in [0.5, 0.6) is 0 Å². The normalized spacial score (nSPS) is 38.9. The molecule has 2 aliphatic heterocycles. The molecule has 0 aromatic rings. The Morgan fingerprint density at radius 1 is 1.23 bits per heavy atom. The number of hydrogen-bond acceptors (Lipinski definition) is 6. The van der Waals surface area contributed by atoms with E-state index in [1.165, 1.54) is 0 Å². The molecule has 0 saturated carbocycles. The zero-order chi connectivity index (χ0) is 17.0. The van der Waals surface area contributed by atoms with Crippen molar-refractivity contribution in [3.63, 3.8) is 0 Å². The number of rotatable bonds is 3. The van der Waals surface area contributed by atoms with Crippen LogP contribution in [0.4, 0.5) is 0 Å². The van der Waals surface area contributed by atoms with Gasteiger partial charge in [-0.05, 0) is 32.0 Å². The molecule has 130 valence electrons. The summed E-state index contributed by atoms with van der Waals surface area (Å²) in [6, 6.07) is 0. The fourth-order valence-electron chi connectivity index (χ4n) is 2.45. The molecule has 0 unspecified atom stereocenters. The van der Waals surface area contributed by atoms with Crippen molar-refractivity contribution in [2.75, 3.05) is 13.2 Å². The summed E-state index contributed by atoms with van der Waals surface area (Å²) in [5.74, 6) is -2.14. The van der Waals surface area contributed by atoms with Gasteiger partial charge in [-0.25, -0.2) is 0 Å². The van der Waals surface area contributed by atoms with E-state index in [4.69, 9.17) is 18.6 Å². The Labute approximate surface area is 133 Å². The lowest BCUT2D eigenvalue weighted by Gasteiger charge is -2.37. The third-order valence-electron chi connectivity index (χ3n) is 4.96. The van der Waals surface area contributed by atoms with E-state index in [9.17, 15) is 10.2 Å². The van der Waals surface area contributed by atoms with Gasteiger partial charge in [0.05, 0.1) is 6.61 Å². The third-order valence-corrected chi connectivity index (χ3v) is 9.46. The van der Waals surface area contributed by atoms with Gasteiger partial charge in [-0.3, -0.25) is 0 Å². The summed E-state index contributed by atoms with van der Waals surface area (Å²) in [6.07, 6.45) is -2.83. The minimum Gasteiger partial charge on any atom is -0.414 e. The van der Waals surface area contributed by atoms with Crippen LogP contribution in [0, 0.1) is 0 Å². The Kier molecular flexibility index (Phi) is 4.59. The van der Waals surface area contributed by atoms with E-state index in [2.05, 4.69) is 33.9 Å². The largest absolute Gasteiger partial charge is 0.414 e. The second-order valence-corrected chi connectivity index (χ2v) is 13.1. The Balaban J connectivity index is 2.03. The zero-order valence-electron chi connectivity index (χ0n) is 14.7. The monoisotopic (exact) mass is 334 g/mol. The molecule has 0 bridgehead atoms. The number of aliphatic hydroxyl groups is 2. The highest BCUT2D eigenvalue weighted by Gasteiger charge is 2.61. The molecule has 0 aliphatic carbocycles. The van der Waals surface area contributed by atoms with E-state index in [1.54, 1.807) is 13.8 Å². The smallest absolute Gasteiger partial charge is 0.224 e. The molecule has 0 amide bonds. The summed E-state index contributed by atoms with van der Waals surface area (Å²) >= 11 is 0. The first-order chi connectivity index (χ1) is 9.80. The predicted octanol–water partition coefficient (Wildman–Crippen LogP) is 1.61. The fourth-order valence-corrected chi connectivity index (χ4v) is 3.47. The Bertz CT molecular complexity index is 419. The SMILES string of the molecule is CC1(C)OC[C@]2(O[C@H](CO[Si](C)(C)C(C)(C)C)[C@@H](O)[C@@H]2O)O1. The molecule has 0 aromatic carbocycles. The summed E-state index contributed by atoms with van der Waals surface area (Å²) in [5, 5.41) is 20.7. The topological polar surface area (TPSA) is 77.4 Å². The highest BCUT2D eigenvalue weighted by molar-refractivity contribution is 6.74. The summed E-state index contributed by atoms with van der Waals surface area (Å²) < 4.78 is 23.1. The molecule has 2 saturated heterocycles. The van der Waals surface area contributed by atoms with Crippen LogP contribution in [0.15, 0.2) is 0 Å². The molecule has 2 heterocycles. The minimum atomic E-state index is -1.95. The quantitative estimate of drug-likeness (QED) is 0.764. The average Bonchev–Trinajstić information content (AvgIpc) is 2.78. The Hall–Kier alpha value is -0.0231. The van der Waals surface area contributed by atoms with Crippen molar-refractivity contribution in [3.8, 4) is 0 Å². The van der Waals surface area contributed by atoms with E-state index in [0.717, 1.165) is 0 Å². The van der Waals surface area contributed by atoms with E-state index >= 15 is 0 Å². The standard InChI is InChI=1S/C15H30O6Si/c1-13(2,3)22(6,7)19-8-10-11(16)12(17)15(20-10)9-18-14(4,5)21-15/h10-12,16-17H,8-9H2,1-7H3/t10-,11-,12+,15+/m1/s1. The lowest BCUT2D eigenvalue weighted by molar-refractivity contribution is -0.269. The van der Waals surface area contributed by atoms with Crippen LogP contribution >= 0.6 is 0 Å². The maximum atomic E-state index is 10.3. The lowest BCUT2D eigenvalue weighted by atomic mass is 10.1. The second kappa shape index (κ2) is 5.51. The zero-order valence-corrected chi connectivity index (χ0v) is 15.7. The second-order valence-electron chi connectivity index (χ2n) is 8.27. The van der Waals surface area contributed by atoms with Crippen LogP contribution in [0.3, 0.4) is 0 Å². The van der Waals surface area contributed by atoms with E-state index in [1.807, 2.05) is 0 Å². The molecule has 0 radical (unpaired) electrons. The molecule has 2 aliphatic rings. The van der Waals surface area contributed by atoms with Gasteiger partial charge in [-0.2, -0.15) is 0 Å². The van der Waals surface area contributed by atoms with Gasteiger partial charge in [0.15, 0.2) is 14.1 Å². The van der Waals surface area contributed by atoms with E-state index in [-0.39, 0.29) is 18.3 Å². The van der Waals surface area contributed by atoms with Crippen molar-refractivity contribution in [3.05, 3.63) is 0 Å². The van der Waals surface area contributed by atoms with Crippen molar-refractivity contribution in [2.24, 2.45) is 0 Å². The van der Waals surface area contributed by atoms with Gasteiger partial charge in [-0.1, -0.05) is 20.8 Å². The van der Waals surface area contributed by atoms with Gasteiger partial charge < -0.3 is 28.8 Å². The van der Waals surface area contributed by atoms with Crippen LogP contribution in [0.1, 0.15) is 34.6 Å². The van der Waals surface area contributed by atoms with Gasteiger partial charge in [0.25, 0.3) is 0 Å². The van der Waals surface area contributed by atoms with Crippen molar-refractivity contribution in [2.45, 2.75) is 82.6 Å². The van der Waals surface area contributed by atoms with Crippen LogP contribution in [-0.4, -0.2) is 61.6 Å². The fraction of sp³-hybridized carbons (Fsp3) is 1.00. The molecule has 2 rings (SSSR count). The summed E-state index contributed by atoms with van der Waals surface area (Å²) in [6.45, 7) is 14.6. The molecule has 4 atom stereocenters. The van der Waals surface area contributed by atoms with Crippen molar-refractivity contribution in [1.29, 1.82) is 0 Å². The number of ether oxygens (including phenoxy) is 3. The first-order valence-electron chi connectivity index (χ1n) is 7.82. The van der Waals surface area contributed by atoms with Crippen molar-refractivity contribution >= 4 is 8.32 Å². The van der Waals surface area contributed by atoms with Crippen molar-refractivity contribution < 1.29 is 28.8 Å². The third kappa shape index (κ3) is 3.26. The van der Waals surface area contributed by atoms with Crippen LogP contribution in [0.25, 0.3) is 0 Å². The van der Waals surface area contributed by atoms with Gasteiger partial charge in [0, 0.05) is 0 Å². The van der Waals surface area contributed by atoms with Crippen LogP contribution in [-0.2, 0) is 18.6 Å². The maximum absolute atomic E-state index is 10.3. The first kappa shape index (κ1) is 18.3. The lowest BCUT2D eigenvalue weighted by Crippen LogP contribution is -2.46. The molecule has 0 aromatic heterocycles. The minimum absolute atomic E-state index is 0.0713. The molecule has 2 fully saturated rings. The molecular weight excluding hydrogens is 304 g/mol. The highest BCUT2D eigenvalue weighted by atomic mass is 28.4. The van der Waals surface area contributed by atoms with Crippen molar-refractivity contribution in [1.82, 2.24) is 0 Å². The summed E-state index contributed by atoms with van der Waals surface area (Å²) in [5.41, 5.74) is 0. The molecule has 6 nitrogen and oxygen atoms in total. The van der Waals surface area contributed by atoms with Crippen LogP contribution < -0.4 is 0 Å². The van der Waals surface area contributed by atoms with E-state index in [0.29, 0.717) is 0 Å². The van der Waals surface area contributed by atoms with Gasteiger partial charge in [-0.15, -0.1) is 0 Å². The molecule has 2 N–H and O–H groups in total. The molecule has 7 heteroatoms.